The molecule has 5 nitrogen and oxygen atoms in total. The van der Waals surface area contributed by atoms with Crippen molar-refractivity contribution in [2.45, 2.75) is 6.92 Å². The summed E-state index contributed by atoms with van der Waals surface area (Å²) in [6.45, 7) is 1.87. The van der Waals surface area contributed by atoms with Gasteiger partial charge in [-0.3, -0.25) is 0 Å². The molecule has 0 amide bonds. The first kappa shape index (κ1) is 21.2. The highest BCUT2D eigenvalue weighted by molar-refractivity contribution is 9.11. The van der Waals surface area contributed by atoms with Gasteiger partial charge in [0.05, 0.1) is 26.1 Å². The third-order valence-corrected chi connectivity index (χ3v) is 5.24. The molecule has 0 bridgehead atoms. The Labute approximate surface area is 188 Å². The molecule has 1 heterocycles. The minimum Gasteiger partial charge on any atom is -0.482 e. The minimum absolute atomic E-state index is 0.175. The second-order valence-electron chi connectivity index (χ2n) is 5.52. The molecule has 0 saturated heterocycles. The van der Waals surface area contributed by atoms with Crippen LogP contribution >= 0.6 is 55.1 Å². The van der Waals surface area contributed by atoms with E-state index < -0.39 is 5.97 Å². The van der Waals surface area contributed by atoms with Gasteiger partial charge in [-0.05, 0) is 75.2 Å². The highest BCUT2D eigenvalue weighted by atomic mass is 79.9. The number of nitrogens with zero attached hydrogens (tertiary/aromatic N) is 1. The number of carbonyl (C=O) groups is 1. The molecule has 0 N–H and O–H groups in total. The maximum atomic E-state index is 11.4. The van der Waals surface area contributed by atoms with Gasteiger partial charge in [-0.1, -0.05) is 23.2 Å². The van der Waals surface area contributed by atoms with E-state index in [2.05, 4.69) is 36.8 Å². The largest absolute Gasteiger partial charge is 0.482 e. The predicted octanol–water partition coefficient (Wildman–Crippen LogP) is 6.80. The fourth-order valence-corrected chi connectivity index (χ4v) is 4.19. The second-order valence-corrected chi connectivity index (χ2v) is 8.02. The Hall–Kier alpha value is -1.54. The smallest absolute Gasteiger partial charge is 0.344 e. The highest BCUT2D eigenvalue weighted by Gasteiger charge is 2.13. The molecule has 0 fully saturated rings. The molecular weight excluding hydrogens is 537 g/mol. The normalized spacial score (nSPS) is 10.8. The molecule has 9 heteroatoms. The van der Waals surface area contributed by atoms with Gasteiger partial charge < -0.3 is 14.2 Å². The van der Waals surface area contributed by atoms with Gasteiger partial charge in [-0.25, -0.2) is 9.78 Å². The number of benzene rings is 2. The summed E-state index contributed by atoms with van der Waals surface area (Å²) in [4.78, 5) is 15.7. The lowest BCUT2D eigenvalue weighted by molar-refractivity contribution is -0.145. The number of aromatic nitrogens is 1. The Balaban J connectivity index is 1.82. The molecule has 0 radical (unpaired) electrons. The van der Waals surface area contributed by atoms with Crippen LogP contribution in [0.5, 0.6) is 17.2 Å². The summed E-state index contributed by atoms with van der Waals surface area (Å²) in [6, 6.07) is 10.3. The van der Waals surface area contributed by atoms with Crippen LogP contribution in [0.15, 0.2) is 45.3 Å². The molecular formula is C19H13Br2Cl2NO4. The lowest BCUT2D eigenvalue weighted by atomic mass is 10.2. The van der Waals surface area contributed by atoms with Gasteiger partial charge >= 0.3 is 5.97 Å². The summed E-state index contributed by atoms with van der Waals surface area (Å²) in [5.41, 5.74) is 0.672. The van der Waals surface area contributed by atoms with Gasteiger partial charge in [0.15, 0.2) is 12.4 Å². The van der Waals surface area contributed by atoms with Crippen LogP contribution < -0.4 is 9.47 Å². The predicted molar refractivity (Wildman–Crippen MR) is 116 cm³/mol. The molecule has 3 aromatic rings. The van der Waals surface area contributed by atoms with E-state index >= 15 is 0 Å². The summed E-state index contributed by atoms with van der Waals surface area (Å²) in [7, 11) is 0. The van der Waals surface area contributed by atoms with Crippen LogP contribution in [0.3, 0.4) is 0 Å². The van der Waals surface area contributed by atoms with Gasteiger partial charge in [-0.15, -0.1) is 0 Å². The van der Waals surface area contributed by atoms with Crippen molar-refractivity contribution in [2.75, 3.05) is 13.2 Å². The summed E-state index contributed by atoms with van der Waals surface area (Å²) in [5.74, 6) is 1.16. The number of pyridine rings is 1. The van der Waals surface area contributed by atoms with E-state index in [9.17, 15) is 4.79 Å². The van der Waals surface area contributed by atoms with Gasteiger partial charge in [0.1, 0.15) is 16.7 Å². The number of ether oxygens (including phenoxy) is 3. The number of fused-ring (bicyclic) bond motifs is 1. The Kier molecular flexibility index (Phi) is 7.04. The maximum Gasteiger partial charge on any atom is 0.344 e. The van der Waals surface area contributed by atoms with Crippen molar-refractivity contribution >= 4 is 71.9 Å². The van der Waals surface area contributed by atoms with Crippen LogP contribution in [0.4, 0.5) is 0 Å². The molecule has 0 saturated carbocycles. The van der Waals surface area contributed by atoms with E-state index in [0.717, 1.165) is 5.39 Å². The quantitative estimate of drug-likeness (QED) is 0.250. The van der Waals surface area contributed by atoms with Crippen molar-refractivity contribution < 1.29 is 19.0 Å². The standard InChI is InChI=1S/C19H13Br2Cl2NO4/c1-2-26-18(25)9-27-11-6-13(20)19(14(21)7-11)28-10-3-4-16-12(5-10)15(22)8-17(23)24-16/h3-8H,2,9H2,1H3. The number of halogens is 4. The number of carbonyl (C=O) groups excluding carboxylic acids is 1. The molecule has 3 rings (SSSR count). The summed E-state index contributed by atoms with van der Waals surface area (Å²) >= 11 is 19.1. The van der Waals surface area contributed by atoms with Crippen LogP contribution in [0.2, 0.25) is 10.2 Å². The van der Waals surface area contributed by atoms with Crippen LogP contribution in [-0.4, -0.2) is 24.2 Å². The molecule has 0 unspecified atom stereocenters. The fraction of sp³-hybridized carbons (Fsp3) is 0.158. The third-order valence-electron chi connectivity index (χ3n) is 3.55. The Morgan fingerprint density at radius 1 is 1.07 bits per heavy atom. The number of hydrogen-bond acceptors (Lipinski definition) is 5. The molecule has 2 aromatic carbocycles. The zero-order chi connectivity index (χ0) is 20.3. The Morgan fingerprint density at radius 2 is 1.79 bits per heavy atom. The molecule has 0 aliphatic heterocycles. The minimum atomic E-state index is -0.433. The number of rotatable bonds is 6. The first-order chi connectivity index (χ1) is 13.4. The fourth-order valence-electron chi connectivity index (χ4n) is 2.38. The van der Waals surface area contributed by atoms with Crippen molar-refractivity contribution in [3.05, 3.63) is 55.5 Å². The molecule has 0 aliphatic rings. The lowest BCUT2D eigenvalue weighted by Gasteiger charge is -2.13. The zero-order valence-corrected chi connectivity index (χ0v) is 19.2. The van der Waals surface area contributed by atoms with Crippen molar-refractivity contribution in [2.24, 2.45) is 0 Å². The van der Waals surface area contributed by atoms with E-state index in [1.807, 2.05) is 0 Å². The molecule has 146 valence electrons. The topological polar surface area (TPSA) is 57.7 Å². The molecule has 28 heavy (non-hydrogen) atoms. The monoisotopic (exact) mass is 547 g/mol. The third kappa shape index (κ3) is 5.08. The first-order valence-electron chi connectivity index (χ1n) is 8.08. The van der Waals surface area contributed by atoms with Crippen LogP contribution in [0.1, 0.15) is 6.92 Å². The van der Waals surface area contributed by atoms with Crippen LogP contribution in [0.25, 0.3) is 10.9 Å². The Bertz CT molecular complexity index is 1020. The van der Waals surface area contributed by atoms with E-state index in [-0.39, 0.29) is 6.61 Å². The van der Waals surface area contributed by atoms with E-state index in [0.29, 0.717) is 48.5 Å². The van der Waals surface area contributed by atoms with Crippen molar-refractivity contribution in [3.8, 4) is 17.2 Å². The SMILES string of the molecule is CCOC(=O)COc1cc(Br)c(Oc2ccc3nc(Cl)cc(Cl)c3c2)c(Br)c1. The zero-order valence-electron chi connectivity index (χ0n) is 14.5. The second kappa shape index (κ2) is 9.31. The van der Waals surface area contributed by atoms with Crippen LogP contribution in [-0.2, 0) is 9.53 Å². The maximum absolute atomic E-state index is 11.4. The van der Waals surface area contributed by atoms with Gasteiger partial charge in [-0.2, -0.15) is 0 Å². The van der Waals surface area contributed by atoms with Gasteiger partial charge in [0, 0.05) is 5.39 Å². The van der Waals surface area contributed by atoms with E-state index in [1.54, 1.807) is 43.3 Å². The molecule has 1 aromatic heterocycles. The number of esters is 1. The van der Waals surface area contributed by atoms with Crippen molar-refractivity contribution in [1.82, 2.24) is 4.98 Å². The molecule has 0 atom stereocenters. The van der Waals surface area contributed by atoms with E-state index in [1.165, 1.54) is 0 Å². The highest BCUT2D eigenvalue weighted by Crippen LogP contribution is 2.40. The van der Waals surface area contributed by atoms with Crippen molar-refractivity contribution in [1.29, 1.82) is 0 Å². The summed E-state index contributed by atoms with van der Waals surface area (Å²) in [5, 5.41) is 1.54. The molecule has 0 spiro atoms. The molecule has 0 aliphatic carbocycles. The average Bonchev–Trinajstić information content (AvgIpc) is 2.63. The van der Waals surface area contributed by atoms with Gasteiger partial charge in [0.25, 0.3) is 0 Å². The number of hydrogen-bond donors (Lipinski definition) is 0. The first-order valence-corrected chi connectivity index (χ1v) is 10.4. The van der Waals surface area contributed by atoms with E-state index in [4.69, 9.17) is 37.4 Å². The van der Waals surface area contributed by atoms with Crippen LogP contribution in [0, 0.1) is 0 Å². The Morgan fingerprint density at radius 3 is 2.46 bits per heavy atom. The summed E-state index contributed by atoms with van der Waals surface area (Å²) < 4.78 is 17.6. The van der Waals surface area contributed by atoms with Gasteiger partial charge in [0.2, 0.25) is 0 Å². The summed E-state index contributed by atoms with van der Waals surface area (Å²) in [6.07, 6.45) is 0. The lowest BCUT2D eigenvalue weighted by Crippen LogP contribution is -2.14. The van der Waals surface area contributed by atoms with Crippen molar-refractivity contribution in [3.63, 3.8) is 0 Å². The average molecular weight is 550 g/mol.